The molecule has 0 aliphatic heterocycles. The summed E-state index contributed by atoms with van der Waals surface area (Å²) in [5.74, 6) is 2.23. The maximum absolute atomic E-state index is 12.3. The average Bonchev–Trinajstić information content (AvgIpc) is 3.00. The predicted octanol–water partition coefficient (Wildman–Crippen LogP) is 3.05. The van der Waals surface area contributed by atoms with E-state index in [1.54, 1.807) is 0 Å². The molecule has 0 radical (unpaired) electrons. The number of furan rings is 1. The third-order valence-electron chi connectivity index (χ3n) is 3.87. The van der Waals surface area contributed by atoms with Gasteiger partial charge in [-0.25, -0.2) is 4.98 Å². The summed E-state index contributed by atoms with van der Waals surface area (Å²) in [5, 5.41) is 2.93. The smallest absolute Gasteiger partial charge is 0.255 e. The second kappa shape index (κ2) is 5.67. The lowest BCUT2D eigenvalue weighted by atomic mass is 10.1. The number of imidazole rings is 1. The first-order valence-electron chi connectivity index (χ1n) is 7.34. The van der Waals surface area contributed by atoms with Crippen LogP contribution in [0.1, 0.15) is 33.3 Å². The highest BCUT2D eigenvalue weighted by Gasteiger charge is 2.18. The Hall–Kier alpha value is -2.56. The van der Waals surface area contributed by atoms with Crippen LogP contribution in [0.25, 0.3) is 11.0 Å². The Balaban J connectivity index is 1.64. The third-order valence-corrected chi connectivity index (χ3v) is 3.87. The van der Waals surface area contributed by atoms with Crippen LogP contribution in [0.2, 0.25) is 0 Å². The van der Waals surface area contributed by atoms with Crippen molar-refractivity contribution >= 4 is 16.9 Å². The zero-order chi connectivity index (χ0) is 15.7. The summed E-state index contributed by atoms with van der Waals surface area (Å²) in [4.78, 5) is 20.0. The second-order valence-electron chi connectivity index (χ2n) is 5.42. The van der Waals surface area contributed by atoms with Gasteiger partial charge in [0.25, 0.3) is 5.91 Å². The summed E-state index contributed by atoms with van der Waals surface area (Å²) in [6.07, 6.45) is 0.662. The lowest BCUT2D eigenvalue weighted by Crippen LogP contribution is -2.26. The van der Waals surface area contributed by atoms with Crippen LogP contribution in [-0.2, 0) is 6.42 Å². The normalized spacial score (nSPS) is 11.0. The number of rotatable bonds is 4. The van der Waals surface area contributed by atoms with E-state index in [2.05, 4.69) is 15.3 Å². The molecule has 3 rings (SSSR count). The average molecular weight is 297 g/mol. The number of amides is 1. The number of aryl methyl sites for hydroxylation is 2. The third kappa shape index (κ3) is 2.62. The molecule has 3 aromatic rings. The van der Waals surface area contributed by atoms with Gasteiger partial charge in [0.1, 0.15) is 17.3 Å². The fourth-order valence-electron chi connectivity index (χ4n) is 2.63. The summed E-state index contributed by atoms with van der Waals surface area (Å²) in [7, 11) is 0. The van der Waals surface area contributed by atoms with Crippen LogP contribution in [0.4, 0.5) is 0 Å². The zero-order valence-electron chi connectivity index (χ0n) is 13.0. The number of aromatic amines is 1. The summed E-state index contributed by atoms with van der Waals surface area (Å²) in [6, 6.07) is 7.89. The van der Waals surface area contributed by atoms with Crippen molar-refractivity contribution in [2.45, 2.75) is 27.2 Å². The number of nitrogens with one attached hydrogen (secondary N) is 2. The molecule has 1 aromatic carbocycles. The molecular weight excluding hydrogens is 278 g/mol. The topological polar surface area (TPSA) is 70.9 Å². The van der Waals surface area contributed by atoms with Gasteiger partial charge in [0.2, 0.25) is 0 Å². The van der Waals surface area contributed by atoms with Gasteiger partial charge in [0.05, 0.1) is 16.6 Å². The first-order valence-corrected chi connectivity index (χ1v) is 7.34. The fraction of sp³-hybridized carbons (Fsp3) is 0.294. The number of benzene rings is 1. The predicted molar refractivity (Wildman–Crippen MR) is 85.0 cm³/mol. The van der Waals surface area contributed by atoms with E-state index in [4.69, 9.17) is 4.42 Å². The number of aromatic nitrogens is 2. The van der Waals surface area contributed by atoms with E-state index < -0.39 is 0 Å². The highest BCUT2D eigenvalue weighted by Crippen LogP contribution is 2.20. The molecule has 0 bridgehead atoms. The molecule has 5 heteroatoms. The Kier molecular flexibility index (Phi) is 3.71. The molecule has 0 saturated carbocycles. The van der Waals surface area contributed by atoms with Gasteiger partial charge in [-0.15, -0.1) is 0 Å². The minimum atomic E-state index is -0.0945. The van der Waals surface area contributed by atoms with Crippen molar-refractivity contribution < 1.29 is 9.21 Å². The van der Waals surface area contributed by atoms with Crippen molar-refractivity contribution in [2.24, 2.45) is 0 Å². The van der Waals surface area contributed by atoms with Crippen LogP contribution >= 0.6 is 0 Å². The molecule has 0 atom stereocenters. The number of nitrogens with zero attached hydrogens (tertiary/aromatic N) is 1. The number of para-hydroxylation sites is 2. The highest BCUT2D eigenvalue weighted by molar-refractivity contribution is 5.96. The molecule has 2 aromatic heterocycles. The number of carbonyl (C=O) groups excluding carboxylic acids is 1. The fourth-order valence-corrected chi connectivity index (χ4v) is 2.63. The monoisotopic (exact) mass is 297 g/mol. The summed E-state index contributed by atoms with van der Waals surface area (Å²) >= 11 is 0. The SMILES string of the molecule is Cc1oc(C)c(C(=O)NCCc2nc3ccccc3[nH]2)c1C. The van der Waals surface area contributed by atoms with Gasteiger partial charge < -0.3 is 14.7 Å². The van der Waals surface area contributed by atoms with Gasteiger partial charge in [0, 0.05) is 18.5 Å². The Morgan fingerprint density at radius 2 is 2.00 bits per heavy atom. The Bertz CT molecular complexity index is 797. The highest BCUT2D eigenvalue weighted by atomic mass is 16.3. The van der Waals surface area contributed by atoms with Crippen molar-refractivity contribution in [2.75, 3.05) is 6.54 Å². The maximum atomic E-state index is 12.3. The Morgan fingerprint density at radius 1 is 1.23 bits per heavy atom. The number of H-pyrrole nitrogens is 1. The van der Waals surface area contributed by atoms with Crippen LogP contribution in [0, 0.1) is 20.8 Å². The van der Waals surface area contributed by atoms with Crippen molar-refractivity contribution in [3.05, 3.63) is 52.7 Å². The molecule has 114 valence electrons. The van der Waals surface area contributed by atoms with Crippen LogP contribution in [0.3, 0.4) is 0 Å². The first-order chi connectivity index (χ1) is 10.6. The largest absolute Gasteiger partial charge is 0.466 e. The van der Waals surface area contributed by atoms with Crippen molar-refractivity contribution in [1.29, 1.82) is 0 Å². The van der Waals surface area contributed by atoms with Crippen molar-refractivity contribution in [3.63, 3.8) is 0 Å². The van der Waals surface area contributed by atoms with Gasteiger partial charge in [-0.3, -0.25) is 4.79 Å². The number of fused-ring (bicyclic) bond motifs is 1. The summed E-state index contributed by atoms with van der Waals surface area (Å²) in [5.41, 5.74) is 3.50. The Morgan fingerprint density at radius 3 is 2.68 bits per heavy atom. The molecule has 1 amide bonds. The lowest BCUT2D eigenvalue weighted by Gasteiger charge is -2.04. The summed E-state index contributed by atoms with van der Waals surface area (Å²) in [6.45, 7) is 6.11. The minimum Gasteiger partial charge on any atom is -0.466 e. The number of hydrogen-bond donors (Lipinski definition) is 2. The molecule has 0 saturated heterocycles. The molecule has 2 N–H and O–H groups in total. The van der Waals surface area contributed by atoms with Crippen LogP contribution in [0.15, 0.2) is 28.7 Å². The minimum absolute atomic E-state index is 0.0945. The molecule has 0 aliphatic rings. The quantitative estimate of drug-likeness (QED) is 0.777. The van der Waals surface area contributed by atoms with Crippen LogP contribution in [0.5, 0.6) is 0 Å². The zero-order valence-corrected chi connectivity index (χ0v) is 13.0. The van der Waals surface area contributed by atoms with Gasteiger partial charge in [-0.1, -0.05) is 12.1 Å². The molecule has 0 aliphatic carbocycles. The van der Waals surface area contributed by atoms with Gasteiger partial charge in [0.15, 0.2) is 0 Å². The van der Waals surface area contributed by atoms with E-state index in [9.17, 15) is 4.79 Å². The van der Waals surface area contributed by atoms with Crippen molar-refractivity contribution in [1.82, 2.24) is 15.3 Å². The molecule has 22 heavy (non-hydrogen) atoms. The van der Waals surface area contributed by atoms with E-state index in [0.29, 0.717) is 24.3 Å². The maximum Gasteiger partial charge on any atom is 0.255 e. The van der Waals surface area contributed by atoms with E-state index in [1.807, 2.05) is 45.0 Å². The number of hydrogen-bond acceptors (Lipinski definition) is 3. The second-order valence-corrected chi connectivity index (χ2v) is 5.42. The van der Waals surface area contributed by atoms with E-state index in [-0.39, 0.29) is 5.91 Å². The van der Waals surface area contributed by atoms with Gasteiger partial charge in [-0.05, 0) is 32.9 Å². The molecule has 0 unspecified atom stereocenters. The van der Waals surface area contributed by atoms with Crippen LogP contribution < -0.4 is 5.32 Å². The molecule has 0 spiro atoms. The van der Waals surface area contributed by atoms with Crippen molar-refractivity contribution in [3.8, 4) is 0 Å². The molecule has 5 nitrogen and oxygen atoms in total. The van der Waals surface area contributed by atoms with E-state index in [1.165, 1.54) is 0 Å². The van der Waals surface area contributed by atoms with E-state index in [0.717, 1.165) is 28.2 Å². The number of carbonyl (C=O) groups is 1. The van der Waals surface area contributed by atoms with Crippen LogP contribution in [-0.4, -0.2) is 22.4 Å². The Labute approximate surface area is 128 Å². The van der Waals surface area contributed by atoms with Gasteiger partial charge in [-0.2, -0.15) is 0 Å². The molecule has 2 heterocycles. The summed E-state index contributed by atoms with van der Waals surface area (Å²) < 4.78 is 5.49. The van der Waals surface area contributed by atoms with Gasteiger partial charge >= 0.3 is 0 Å². The molecular formula is C17H19N3O2. The molecule has 0 fully saturated rings. The standard InChI is InChI=1S/C17H19N3O2/c1-10-11(2)22-12(3)16(10)17(21)18-9-8-15-19-13-6-4-5-7-14(13)20-15/h4-7H,8-9H2,1-3H3,(H,18,21)(H,19,20). The first kappa shape index (κ1) is 14.4. The lowest BCUT2D eigenvalue weighted by molar-refractivity contribution is 0.0952. The van der Waals surface area contributed by atoms with E-state index >= 15 is 0 Å².